The zero-order chi connectivity index (χ0) is 14.7. The number of rotatable bonds is 4. The van der Waals surface area contributed by atoms with Gasteiger partial charge in [-0.3, -0.25) is 9.59 Å². The van der Waals surface area contributed by atoms with E-state index in [2.05, 4.69) is 16.0 Å². The van der Waals surface area contributed by atoms with Gasteiger partial charge in [-0.1, -0.05) is 6.42 Å². The Morgan fingerprint density at radius 3 is 2.43 bits per heavy atom. The number of piperidine rings is 1. The second-order valence-electron chi connectivity index (χ2n) is 5.82. The summed E-state index contributed by atoms with van der Waals surface area (Å²) in [5, 5.41) is 9.06. The molecule has 1 aliphatic carbocycles. The van der Waals surface area contributed by atoms with Gasteiger partial charge in [0, 0.05) is 17.3 Å². The molecule has 2 fully saturated rings. The number of amides is 2. The quantitative estimate of drug-likeness (QED) is 0.789. The van der Waals surface area contributed by atoms with E-state index in [0.29, 0.717) is 11.6 Å². The molecule has 0 radical (unpaired) electrons. The number of hydrogen-bond acceptors (Lipinski definition) is 3. The summed E-state index contributed by atoms with van der Waals surface area (Å²) in [7, 11) is 0. The predicted octanol–water partition coefficient (Wildman–Crippen LogP) is 1.66. The maximum Gasteiger partial charge on any atom is 0.251 e. The van der Waals surface area contributed by atoms with Gasteiger partial charge in [-0.25, -0.2) is 0 Å². The van der Waals surface area contributed by atoms with Crippen molar-refractivity contribution in [3.8, 4) is 0 Å². The summed E-state index contributed by atoms with van der Waals surface area (Å²) in [6.07, 6.45) is 5.26. The molecule has 1 aliphatic heterocycles. The molecule has 5 nitrogen and oxygen atoms in total. The minimum atomic E-state index is -0.100. The van der Waals surface area contributed by atoms with Crippen LogP contribution in [0.3, 0.4) is 0 Å². The van der Waals surface area contributed by atoms with Gasteiger partial charge < -0.3 is 16.0 Å². The largest absolute Gasteiger partial charge is 0.349 e. The van der Waals surface area contributed by atoms with Crippen molar-refractivity contribution < 1.29 is 9.59 Å². The van der Waals surface area contributed by atoms with Crippen LogP contribution in [0.15, 0.2) is 24.3 Å². The van der Waals surface area contributed by atoms with Crippen LogP contribution < -0.4 is 16.0 Å². The fraction of sp³-hybridized carbons (Fsp3) is 0.500. The highest BCUT2D eigenvalue weighted by molar-refractivity contribution is 5.97. The molecule has 1 heterocycles. The van der Waals surface area contributed by atoms with Crippen molar-refractivity contribution in [1.29, 1.82) is 0 Å². The van der Waals surface area contributed by atoms with Gasteiger partial charge in [-0.05, 0) is 56.5 Å². The molecule has 2 amide bonds. The van der Waals surface area contributed by atoms with Crippen LogP contribution in [0.25, 0.3) is 0 Å². The molecule has 3 rings (SSSR count). The van der Waals surface area contributed by atoms with Crippen molar-refractivity contribution in [1.82, 2.24) is 10.6 Å². The molecule has 3 N–H and O–H groups in total. The van der Waals surface area contributed by atoms with Gasteiger partial charge in [-0.2, -0.15) is 0 Å². The minimum absolute atomic E-state index is 0.00452. The van der Waals surface area contributed by atoms with E-state index < -0.39 is 0 Å². The van der Waals surface area contributed by atoms with E-state index in [9.17, 15) is 9.59 Å². The van der Waals surface area contributed by atoms with Crippen LogP contribution in [-0.2, 0) is 4.79 Å². The summed E-state index contributed by atoms with van der Waals surface area (Å²) in [5.41, 5.74) is 1.37. The Balaban J connectivity index is 1.55. The van der Waals surface area contributed by atoms with Crippen molar-refractivity contribution >= 4 is 17.5 Å². The predicted molar refractivity (Wildman–Crippen MR) is 81.2 cm³/mol. The first-order valence-corrected chi connectivity index (χ1v) is 7.67. The Bertz CT molecular complexity index is 517. The molecule has 1 atom stereocenters. The summed E-state index contributed by atoms with van der Waals surface area (Å²) in [6, 6.07) is 7.32. The molecular weight excluding hydrogens is 266 g/mol. The summed E-state index contributed by atoms with van der Waals surface area (Å²) in [6.45, 7) is 0.901. The SMILES string of the molecule is O=C(NC1CC1)c1ccc(NC(=O)C2CCCCN2)cc1. The van der Waals surface area contributed by atoms with Crippen LogP contribution in [0.5, 0.6) is 0 Å². The van der Waals surface area contributed by atoms with Crippen molar-refractivity contribution in [2.24, 2.45) is 0 Å². The maximum atomic E-state index is 12.1. The fourth-order valence-corrected chi connectivity index (χ4v) is 2.51. The third-order valence-corrected chi connectivity index (χ3v) is 3.95. The number of anilines is 1. The highest BCUT2D eigenvalue weighted by atomic mass is 16.2. The smallest absolute Gasteiger partial charge is 0.251 e. The van der Waals surface area contributed by atoms with Crippen molar-refractivity contribution in [2.45, 2.75) is 44.2 Å². The van der Waals surface area contributed by atoms with Crippen molar-refractivity contribution in [2.75, 3.05) is 11.9 Å². The van der Waals surface area contributed by atoms with E-state index >= 15 is 0 Å². The van der Waals surface area contributed by atoms with Crippen molar-refractivity contribution in [3.63, 3.8) is 0 Å². The molecule has 112 valence electrons. The number of nitrogens with one attached hydrogen (secondary N) is 3. The summed E-state index contributed by atoms with van der Waals surface area (Å²) in [4.78, 5) is 24.0. The fourth-order valence-electron chi connectivity index (χ4n) is 2.51. The molecule has 0 spiro atoms. The standard InChI is InChI=1S/C16H21N3O2/c20-15(18-13-8-9-13)11-4-6-12(7-5-11)19-16(21)14-3-1-2-10-17-14/h4-7,13-14,17H,1-3,8-10H2,(H,18,20)(H,19,21). The first-order chi connectivity index (χ1) is 10.2. The van der Waals surface area contributed by atoms with Crippen molar-refractivity contribution in [3.05, 3.63) is 29.8 Å². The highest BCUT2D eigenvalue weighted by Crippen LogP contribution is 2.20. The number of hydrogen-bond donors (Lipinski definition) is 3. The Hall–Kier alpha value is -1.88. The van der Waals surface area contributed by atoms with Gasteiger partial charge in [0.1, 0.15) is 0 Å². The number of benzene rings is 1. The Morgan fingerprint density at radius 2 is 1.81 bits per heavy atom. The second-order valence-corrected chi connectivity index (χ2v) is 5.82. The lowest BCUT2D eigenvalue weighted by Gasteiger charge is -2.22. The third-order valence-electron chi connectivity index (χ3n) is 3.95. The van der Waals surface area contributed by atoms with Gasteiger partial charge in [0.05, 0.1) is 6.04 Å². The maximum absolute atomic E-state index is 12.1. The first kappa shape index (κ1) is 14.1. The zero-order valence-electron chi connectivity index (χ0n) is 12.0. The topological polar surface area (TPSA) is 70.2 Å². The lowest BCUT2D eigenvalue weighted by molar-refractivity contribution is -0.118. The Kier molecular flexibility index (Phi) is 4.20. The van der Waals surface area contributed by atoms with Crippen LogP contribution in [-0.4, -0.2) is 30.4 Å². The third kappa shape index (κ3) is 3.82. The first-order valence-electron chi connectivity index (χ1n) is 7.67. The summed E-state index contributed by atoms with van der Waals surface area (Å²) in [5.74, 6) is -0.0331. The van der Waals surface area contributed by atoms with Crippen LogP contribution in [0.2, 0.25) is 0 Å². The van der Waals surface area contributed by atoms with Crippen LogP contribution in [0.4, 0.5) is 5.69 Å². The molecule has 0 aromatic heterocycles. The van der Waals surface area contributed by atoms with Crippen LogP contribution >= 0.6 is 0 Å². The van der Waals surface area contributed by atoms with Gasteiger partial charge in [0.15, 0.2) is 0 Å². The molecule has 0 bridgehead atoms. The van der Waals surface area contributed by atoms with E-state index in [4.69, 9.17) is 0 Å². The van der Waals surface area contributed by atoms with Gasteiger partial charge in [-0.15, -0.1) is 0 Å². The molecule has 2 aliphatic rings. The molecule has 1 unspecified atom stereocenters. The van der Waals surface area contributed by atoms with E-state index in [-0.39, 0.29) is 17.9 Å². The van der Waals surface area contributed by atoms with E-state index in [1.165, 1.54) is 0 Å². The van der Waals surface area contributed by atoms with Gasteiger partial charge in [0.25, 0.3) is 5.91 Å². The lowest BCUT2D eigenvalue weighted by atomic mass is 10.0. The van der Waals surface area contributed by atoms with Gasteiger partial charge in [0.2, 0.25) is 5.91 Å². The van der Waals surface area contributed by atoms with E-state index in [1.54, 1.807) is 24.3 Å². The molecule has 1 saturated heterocycles. The summed E-state index contributed by atoms with van der Waals surface area (Å²) >= 11 is 0. The molecule has 1 saturated carbocycles. The molecule has 1 aromatic rings. The second kappa shape index (κ2) is 6.26. The minimum Gasteiger partial charge on any atom is -0.349 e. The normalized spacial score (nSPS) is 21.6. The molecular formula is C16H21N3O2. The number of carbonyl (C=O) groups excluding carboxylic acids is 2. The Labute approximate surface area is 124 Å². The lowest BCUT2D eigenvalue weighted by Crippen LogP contribution is -2.43. The van der Waals surface area contributed by atoms with E-state index in [0.717, 1.165) is 44.3 Å². The van der Waals surface area contributed by atoms with Crippen LogP contribution in [0, 0.1) is 0 Å². The number of carbonyl (C=O) groups is 2. The molecule has 5 heteroatoms. The monoisotopic (exact) mass is 287 g/mol. The molecule has 1 aromatic carbocycles. The van der Waals surface area contributed by atoms with Crippen LogP contribution in [0.1, 0.15) is 42.5 Å². The zero-order valence-corrected chi connectivity index (χ0v) is 12.0. The average Bonchev–Trinajstić information content (AvgIpc) is 3.33. The Morgan fingerprint density at radius 1 is 1.05 bits per heavy atom. The van der Waals surface area contributed by atoms with E-state index in [1.807, 2.05) is 0 Å². The molecule has 21 heavy (non-hydrogen) atoms. The van der Waals surface area contributed by atoms with Gasteiger partial charge >= 0.3 is 0 Å². The average molecular weight is 287 g/mol. The highest BCUT2D eigenvalue weighted by Gasteiger charge is 2.24. The summed E-state index contributed by atoms with van der Waals surface area (Å²) < 4.78 is 0.